The van der Waals surface area contributed by atoms with E-state index in [1.165, 1.54) is 25.1 Å². The maximum atomic E-state index is 13.7. The van der Waals surface area contributed by atoms with Crippen molar-refractivity contribution in [1.29, 1.82) is 0 Å². The van der Waals surface area contributed by atoms with E-state index in [9.17, 15) is 8.78 Å². The van der Waals surface area contributed by atoms with E-state index in [1.807, 2.05) is 0 Å². The number of hydrogen-bond donors (Lipinski definition) is 0. The third-order valence-electron chi connectivity index (χ3n) is 2.28. The number of rotatable bonds is 1. The van der Waals surface area contributed by atoms with Crippen LogP contribution in [0.3, 0.4) is 0 Å². The fourth-order valence-electron chi connectivity index (χ4n) is 1.40. The molecule has 1 aromatic carbocycles. The lowest BCUT2D eigenvalue weighted by atomic mass is 10.1. The molecule has 1 heterocycles. The SMILES string of the molecule is Cc1ccc(-c2cc(Cl)nnc2Cl)c(F)c1F. The molecule has 0 fully saturated rings. The first-order chi connectivity index (χ1) is 8.00. The average Bonchev–Trinajstić information content (AvgIpc) is 2.30. The number of nitrogens with zero attached hydrogens (tertiary/aromatic N) is 2. The zero-order valence-corrected chi connectivity index (χ0v) is 10.2. The van der Waals surface area contributed by atoms with Gasteiger partial charge in [0.15, 0.2) is 21.9 Å². The molecule has 0 bridgehead atoms. The molecule has 0 saturated heterocycles. The van der Waals surface area contributed by atoms with E-state index < -0.39 is 11.6 Å². The molecule has 0 aliphatic carbocycles. The van der Waals surface area contributed by atoms with Gasteiger partial charge in [0, 0.05) is 11.1 Å². The van der Waals surface area contributed by atoms with Gasteiger partial charge in [-0.25, -0.2) is 8.78 Å². The smallest absolute Gasteiger partial charge is 0.167 e. The standard InChI is InChI=1S/C11H6Cl2F2N2/c1-5-2-3-6(10(15)9(5)14)7-4-8(12)16-17-11(7)13/h2-4H,1H3. The Labute approximate surface area is 106 Å². The Balaban J connectivity index is 2.69. The molecule has 0 amide bonds. The van der Waals surface area contributed by atoms with Crippen LogP contribution in [0.5, 0.6) is 0 Å². The lowest BCUT2D eigenvalue weighted by Gasteiger charge is -2.07. The highest BCUT2D eigenvalue weighted by molar-refractivity contribution is 6.33. The molecule has 88 valence electrons. The number of benzene rings is 1. The van der Waals surface area contributed by atoms with Gasteiger partial charge in [-0.2, -0.15) is 0 Å². The van der Waals surface area contributed by atoms with Gasteiger partial charge in [-0.15, -0.1) is 10.2 Å². The number of aryl methyl sites for hydroxylation is 1. The predicted molar refractivity (Wildman–Crippen MR) is 62.1 cm³/mol. The predicted octanol–water partition coefficient (Wildman–Crippen LogP) is 4.04. The molecular formula is C11H6Cl2F2N2. The van der Waals surface area contributed by atoms with Gasteiger partial charge in [0.1, 0.15) is 0 Å². The van der Waals surface area contributed by atoms with Gasteiger partial charge in [0.2, 0.25) is 0 Å². The van der Waals surface area contributed by atoms with Crippen LogP contribution in [0.25, 0.3) is 11.1 Å². The fraction of sp³-hybridized carbons (Fsp3) is 0.0909. The largest absolute Gasteiger partial charge is 0.203 e. The third kappa shape index (κ3) is 2.23. The summed E-state index contributed by atoms with van der Waals surface area (Å²) in [4.78, 5) is 0. The van der Waals surface area contributed by atoms with Crippen LogP contribution in [-0.4, -0.2) is 10.2 Å². The van der Waals surface area contributed by atoms with E-state index in [-0.39, 0.29) is 27.0 Å². The summed E-state index contributed by atoms with van der Waals surface area (Å²) in [5.41, 5.74) is 0.438. The van der Waals surface area contributed by atoms with E-state index in [0.717, 1.165) is 0 Å². The van der Waals surface area contributed by atoms with Crippen molar-refractivity contribution in [2.45, 2.75) is 6.92 Å². The Kier molecular flexibility index (Phi) is 3.26. The van der Waals surface area contributed by atoms with Crippen LogP contribution in [0.1, 0.15) is 5.56 Å². The van der Waals surface area contributed by atoms with Crippen molar-refractivity contribution >= 4 is 23.2 Å². The summed E-state index contributed by atoms with van der Waals surface area (Å²) in [6.07, 6.45) is 0. The molecule has 0 atom stereocenters. The molecule has 0 unspecified atom stereocenters. The minimum absolute atomic E-state index is 0.00917. The molecule has 0 spiro atoms. The second-order valence-corrected chi connectivity index (χ2v) is 4.17. The van der Waals surface area contributed by atoms with Crippen molar-refractivity contribution in [2.75, 3.05) is 0 Å². The molecule has 0 radical (unpaired) electrons. The molecular weight excluding hydrogens is 269 g/mol. The van der Waals surface area contributed by atoms with Crippen LogP contribution in [-0.2, 0) is 0 Å². The van der Waals surface area contributed by atoms with Gasteiger partial charge >= 0.3 is 0 Å². The van der Waals surface area contributed by atoms with Crippen LogP contribution in [0.15, 0.2) is 18.2 Å². The molecule has 2 rings (SSSR count). The van der Waals surface area contributed by atoms with E-state index in [1.54, 1.807) is 0 Å². The maximum absolute atomic E-state index is 13.7. The molecule has 0 aliphatic rings. The lowest BCUT2D eigenvalue weighted by Crippen LogP contribution is -1.95. The van der Waals surface area contributed by atoms with Crippen LogP contribution in [0, 0.1) is 18.6 Å². The van der Waals surface area contributed by atoms with Gasteiger partial charge < -0.3 is 0 Å². The highest BCUT2D eigenvalue weighted by Crippen LogP contribution is 2.31. The van der Waals surface area contributed by atoms with Crippen LogP contribution in [0.2, 0.25) is 10.3 Å². The van der Waals surface area contributed by atoms with E-state index in [4.69, 9.17) is 23.2 Å². The summed E-state index contributed by atoms with van der Waals surface area (Å²) >= 11 is 11.4. The molecule has 2 aromatic rings. The topological polar surface area (TPSA) is 25.8 Å². The fourth-order valence-corrected chi connectivity index (χ4v) is 1.74. The Morgan fingerprint density at radius 3 is 2.41 bits per heavy atom. The second kappa shape index (κ2) is 4.55. The zero-order chi connectivity index (χ0) is 12.6. The molecule has 1 aromatic heterocycles. The second-order valence-electron chi connectivity index (χ2n) is 3.43. The molecule has 0 saturated carbocycles. The van der Waals surface area contributed by atoms with E-state index >= 15 is 0 Å². The molecule has 17 heavy (non-hydrogen) atoms. The maximum Gasteiger partial charge on any atom is 0.167 e. The Hall–Kier alpha value is -1.26. The summed E-state index contributed by atoms with van der Waals surface area (Å²) in [5.74, 6) is -1.89. The van der Waals surface area contributed by atoms with Crippen molar-refractivity contribution < 1.29 is 8.78 Å². The normalized spacial score (nSPS) is 10.6. The minimum Gasteiger partial charge on any atom is -0.203 e. The molecule has 6 heteroatoms. The Morgan fingerprint density at radius 1 is 1.00 bits per heavy atom. The average molecular weight is 275 g/mol. The monoisotopic (exact) mass is 274 g/mol. The van der Waals surface area contributed by atoms with Gasteiger partial charge in [-0.1, -0.05) is 35.3 Å². The highest BCUT2D eigenvalue weighted by Gasteiger charge is 2.16. The molecule has 0 aliphatic heterocycles. The van der Waals surface area contributed by atoms with Gasteiger partial charge in [0.25, 0.3) is 0 Å². The van der Waals surface area contributed by atoms with Crippen molar-refractivity contribution in [3.63, 3.8) is 0 Å². The first-order valence-corrected chi connectivity index (χ1v) is 5.40. The van der Waals surface area contributed by atoms with Crippen molar-refractivity contribution in [2.24, 2.45) is 0 Å². The first-order valence-electron chi connectivity index (χ1n) is 4.64. The third-order valence-corrected chi connectivity index (χ3v) is 2.75. The van der Waals surface area contributed by atoms with Crippen molar-refractivity contribution in [1.82, 2.24) is 10.2 Å². The van der Waals surface area contributed by atoms with E-state index in [0.29, 0.717) is 0 Å². The first kappa shape index (κ1) is 12.2. The lowest BCUT2D eigenvalue weighted by molar-refractivity contribution is 0.505. The van der Waals surface area contributed by atoms with E-state index in [2.05, 4.69) is 10.2 Å². The van der Waals surface area contributed by atoms with Crippen molar-refractivity contribution in [3.8, 4) is 11.1 Å². The summed E-state index contributed by atoms with van der Waals surface area (Å²) < 4.78 is 27.2. The van der Waals surface area contributed by atoms with Crippen LogP contribution in [0.4, 0.5) is 8.78 Å². The summed E-state index contributed by atoms with van der Waals surface area (Å²) in [6, 6.07) is 4.22. The van der Waals surface area contributed by atoms with Crippen LogP contribution < -0.4 is 0 Å². The van der Waals surface area contributed by atoms with Crippen molar-refractivity contribution in [3.05, 3.63) is 45.7 Å². The van der Waals surface area contributed by atoms with Gasteiger partial charge in [-0.3, -0.25) is 0 Å². The number of halogens is 4. The number of hydrogen-bond acceptors (Lipinski definition) is 2. The zero-order valence-electron chi connectivity index (χ0n) is 8.64. The summed E-state index contributed by atoms with van der Waals surface area (Å²) in [7, 11) is 0. The van der Waals surface area contributed by atoms with Crippen LogP contribution >= 0.6 is 23.2 Å². The molecule has 2 nitrogen and oxygen atoms in total. The quantitative estimate of drug-likeness (QED) is 0.785. The molecule has 0 N–H and O–H groups in total. The number of aromatic nitrogens is 2. The minimum atomic E-state index is -0.976. The highest BCUT2D eigenvalue weighted by atomic mass is 35.5. The summed E-state index contributed by atoms with van der Waals surface area (Å²) in [5, 5.41) is 7.07. The van der Waals surface area contributed by atoms with Gasteiger partial charge in [0.05, 0.1) is 0 Å². The van der Waals surface area contributed by atoms with Gasteiger partial charge in [-0.05, 0) is 18.6 Å². The Morgan fingerprint density at radius 2 is 1.71 bits per heavy atom. The Bertz CT molecular complexity index is 588. The summed E-state index contributed by atoms with van der Waals surface area (Å²) in [6.45, 7) is 1.47.